The molecular weight excluding hydrogens is 204 g/mol. The number of hydrogen-bond acceptors (Lipinski definition) is 4. The van der Waals surface area contributed by atoms with Gasteiger partial charge in [-0.25, -0.2) is 4.99 Å². The first kappa shape index (κ1) is 11.9. The fourth-order valence-electron chi connectivity index (χ4n) is 2.18. The summed E-state index contributed by atoms with van der Waals surface area (Å²) in [4.78, 5) is 6.93. The Labute approximate surface area is 97.6 Å². The van der Waals surface area contributed by atoms with Crippen LogP contribution in [0.3, 0.4) is 0 Å². The topological polar surface area (TPSA) is 34.1 Å². The molecule has 0 aliphatic carbocycles. The minimum atomic E-state index is -0.0487. The molecule has 2 aliphatic rings. The number of aliphatic imine (C=N–C) groups is 1. The quantitative estimate of drug-likeness (QED) is 0.712. The third-order valence-electron chi connectivity index (χ3n) is 2.88. The van der Waals surface area contributed by atoms with Crippen LogP contribution in [0.15, 0.2) is 4.99 Å². The molecule has 1 saturated heterocycles. The van der Waals surface area contributed by atoms with Crippen LogP contribution in [0.2, 0.25) is 0 Å². The molecule has 16 heavy (non-hydrogen) atoms. The van der Waals surface area contributed by atoms with Crippen molar-refractivity contribution in [2.45, 2.75) is 38.8 Å². The summed E-state index contributed by atoms with van der Waals surface area (Å²) in [7, 11) is 0. The van der Waals surface area contributed by atoms with Crippen LogP contribution in [0.1, 0.15) is 27.7 Å². The lowest BCUT2D eigenvalue weighted by Crippen LogP contribution is -2.49. The Morgan fingerprint density at radius 2 is 2.06 bits per heavy atom. The molecule has 1 fully saturated rings. The lowest BCUT2D eigenvalue weighted by atomic mass is 10.1. The van der Waals surface area contributed by atoms with Crippen molar-refractivity contribution in [3.05, 3.63) is 0 Å². The maximum atomic E-state index is 5.68. The second-order valence-electron chi connectivity index (χ2n) is 5.93. The molecular formula is C12H22N2O2. The van der Waals surface area contributed by atoms with Gasteiger partial charge in [0.25, 0.3) is 0 Å². The summed E-state index contributed by atoms with van der Waals surface area (Å²) in [6.45, 7) is 12.7. The number of rotatable bonds is 2. The maximum absolute atomic E-state index is 5.68. The Morgan fingerprint density at radius 3 is 2.62 bits per heavy atom. The van der Waals surface area contributed by atoms with Crippen LogP contribution in [0.4, 0.5) is 0 Å². The highest BCUT2D eigenvalue weighted by Gasteiger charge is 2.31. The number of nitrogens with zero attached hydrogens (tertiary/aromatic N) is 2. The van der Waals surface area contributed by atoms with E-state index in [4.69, 9.17) is 9.47 Å². The molecule has 0 spiro atoms. The van der Waals surface area contributed by atoms with Crippen LogP contribution in [0, 0.1) is 0 Å². The van der Waals surface area contributed by atoms with Crippen molar-refractivity contribution < 1.29 is 9.47 Å². The first-order valence-corrected chi connectivity index (χ1v) is 5.94. The van der Waals surface area contributed by atoms with Crippen molar-refractivity contribution in [2.24, 2.45) is 4.99 Å². The van der Waals surface area contributed by atoms with Gasteiger partial charge in [0, 0.05) is 13.1 Å². The molecule has 0 saturated carbocycles. The monoisotopic (exact) mass is 226 g/mol. The molecule has 4 heteroatoms. The fraction of sp³-hybridized carbons (Fsp3) is 0.917. The van der Waals surface area contributed by atoms with Gasteiger partial charge in [0.2, 0.25) is 0 Å². The van der Waals surface area contributed by atoms with Crippen molar-refractivity contribution in [3.63, 3.8) is 0 Å². The van der Waals surface area contributed by atoms with Gasteiger partial charge in [-0.2, -0.15) is 0 Å². The molecule has 0 unspecified atom stereocenters. The molecule has 0 N–H and O–H groups in total. The standard InChI is InChI=1S/C12H22N2O2/c1-11(2)9-15-10(13-11)7-14-5-6-16-12(3,4)8-14/h5-9H2,1-4H3. The Kier molecular flexibility index (Phi) is 2.97. The number of hydrogen-bond donors (Lipinski definition) is 0. The van der Waals surface area contributed by atoms with E-state index >= 15 is 0 Å². The number of ether oxygens (including phenoxy) is 2. The Bertz CT molecular complexity index is 297. The average Bonchev–Trinajstić information content (AvgIpc) is 2.43. The summed E-state index contributed by atoms with van der Waals surface area (Å²) < 4.78 is 11.3. The minimum Gasteiger partial charge on any atom is -0.477 e. The van der Waals surface area contributed by atoms with Gasteiger partial charge in [-0.15, -0.1) is 0 Å². The lowest BCUT2D eigenvalue weighted by molar-refractivity contribution is -0.0826. The van der Waals surface area contributed by atoms with Crippen molar-refractivity contribution in [1.82, 2.24) is 4.90 Å². The zero-order valence-electron chi connectivity index (χ0n) is 10.7. The predicted molar refractivity (Wildman–Crippen MR) is 63.9 cm³/mol. The maximum Gasteiger partial charge on any atom is 0.198 e. The van der Waals surface area contributed by atoms with Gasteiger partial charge in [0.05, 0.1) is 24.3 Å². The summed E-state index contributed by atoms with van der Waals surface area (Å²) in [5.41, 5.74) is -0.0932. The predicted octanol–water partition coefficient (Wildman–Crippen LogP) is 1.30. The summed E-state index contributed by atoms with van der Waals surface area (Å²) in [5, 5.41) is 0. The van der Waals surface area contributed by atoms with Gasteiger partial charge in [-0.3, -0.25) is 4.90 Å². The molecule has 0 aromatic rings. The smallest absolute Gasteiger partial charge is 0.198 e. The van der Waals surface area contributed by atoms with Gasteiger partial charge < -0.3 is 9.47 Å². The Hall–Kier alpha value is -0.610. The molecule has 0 aromatic carbocycles. The first-order valence-electron chi connectivity index (χ1n) is 5.94. The van der Waals surface area contributed by atoms with Crippen LogP contribution in [-0.2, 0) is 9.47 Å². The highest BCUT2D eigenvalue weighted by atomic mass is 16.5. The van der Waals surface area contributed by atoms with E-state index in [1.165, 1.54) is 0 Å². The molecule has 2 rings (SSSR count). The van der Waals surface area contributed by atoms with Crippen molar-refractivity contribution in [3.8, 4) is 0 Å². The van der Waals surface area contributed by atoms with Crippen LogP contribution >= 0.6 is 0 Å². The molecule has 0 amide bonds. The molecule has 0 atom stereocenters. The van der Waals surface area contributed by atoms with Crippen LogP contribution in [-0.4, -0.2) is 54.8 Å². The van der Waals surface area contributed by atoms with Gasteiger partial charge in [0.15, 0.2) is 5.90 Å². The fourth-order valence-corrected chi connectivity index (χ4v) is 2.18. The number of morpholine rings is 1. The van der Waals surface area contributed by atoms with Crippen LogP contribution < -0.4 is 0 Å². The van der Waals surface area contributed by atoms with E-state index in [-0.39, 0.29) is 11.1 Å². The lowest BCUT2D eigenvalue weighted by Gasteiger charge is -2.37. The summed E-state index contributed by atoms with van der Waals surface area (Å²) in [6.07, 6.45) is 0. The molecule has 4 nitrogen and oxygen atoms in total. The molecule has 2 heterocycles. The zero-order chi connectivity index (χ0) is 11.8. The summed E-state index contributed by atoms with van der Waals surface area (Å²) in [6, 6.07) is 0. The third-order valence-corrected chi connectivity index (χ3v) is 2.88. The second kappa shape index (κ2) is 4.00. The van der Waals surface area contributed by atoms with E-state index in [0.717, 1.165) is 32.1 Å². The van der Waals surface area contributed by atoms with E-state index in [0.29, 0.717) is 6.61 Å². The van der Waals surface area contributed by atoms with E-state index in [1.54, 1.807) is 0 Å². The van der Waals surface area contributed by atoms with Crippen molar-refractivity contribution in [1.29, 1.82) is 0 Å². The summed E-state index contributed by atoms with van der Waals surface area (Å²) >= 11 is 0. The van der Waals surface area contributed by atoms with Crippen molar-refractivity contribution >= 4 is 5.90 Å². The van der Waals surface area contributed by atoms with Crippen LogP contribution in [0.25, 0.3) is 0 Å². The molecule has 92 valence electrons. The van der Waals surface area contributed by atoms with Crippen LogP contribution in [0.5, 0.6) is 0 Å². The van der Waals surface area contributed by atoms with Crippen molar-refractivity contribution in [2.75, 3.05) is 32.8 Å². The summed E-state index contributed by atoms with van der Waals surface area (Å²) in [5.74, 6) is 0.878. The molecule has 0 aromatic heterocycles. The van der Waals surface area contributed by atoms with Gasteiger partial charge in [-0.1, -0.05) is 0 Å². The second-order valence-corrected chi connectivity index (χ2v) is 5.93. The minimum absolute atomic E-state index is 0.0445. The van der Waals surface area contributed by atoms with Gasteiger partial charge in [-0.05, 0) is 27.7 Å². The Balaban J connectivity index is 1.91. The molecule has 0 bridgehead atoms. The highest BCUT2D eigenvalue weighted by molar-refractivity contribution is 5.80. The van der Waals surface area contributed by atoms with E-state index in [2.05, 4.69) is 37.6 Å². The van der Waals surface area contributed by atoms with E-state index < -0.39 is 0 Å². The van der Waals surface area contributed by atoms with E-state index in [9.17, 15) is 0 Å². The van der Waals surface area contributed by atoms with Gasteiger partial charge >= 0.3 is 0 Å². The average molecular weight is 226 g/mol. The molecule has 2 aliphatic heterocycles. The van der Waals surface area contributed by atoms with Gasteiger partial charge in [0.1, 0.15) is 6.61 Å². The Morgan fingerprint density at radius 1 is 1.31 bits per heavy atom. The first-order chi connectivity index (χ1) is 7.36. The third kappa shape index (κ3) is 2.95. The normalized spacial score (nSPS) is 28.6. The SMILES string of the molecule is CC1(C)COC(CN2CCOC(C)(C)C2)=N1. The van der Waals surface area contributed by atoms with E-state index in [1.807, 2.05) is 0 Å². The zero-order valence-corrected chi connectivity index (χ0v) is 10.7. The largest absolute Gasteiger partial charge is 0.477 e. The highest BCUT2D eigenvalue weighted by Crippen LogP contribution is 2.20. The molecule has 0 radical (unpaired) electrons.